The van der Waals surface area contributed by atoms with Gasteiger partial charge in [0.2, 0.25) is 0 Å². The van der Waals surface area contributed by atoms with Gasteiger partial charge in [-0.25, -0.2) is 4.79 Å². The van der Waals surface area contributed by atoms with E-state index in [0.717, 1.165) is 12.2 Å². The SMILES string of the molecule is COc1ccc(OC)c(NC(=O)Nc2ccc(C[NH+]3CCCCC3)cc2)c1. The van der Waals surface area contributed by atoms with E-state index in [1.54, 1.807) is 37.3 Å². The van der Waals surface area contributed by atoms with Crippen molar-refractivity contribution in [3.63, 3.8) is 0 Å². The predicted octanol–water partition coefficient (Wildman–Crippen LogP) is 2.92. The molecule has 2 aromatic carbocycles. The number of hydrogen-bond donors (Lipinski definition) is 3. The Hall–Kier alpha value is -2.73. The van der Waals surface area contributed by atoms with Crippen molar-refractivity contribution in [3.05, 3.63) is 48.0 Å². The molecule has 1 fully saturated rings. The molecular weight excluding hydrogens is 342 g/mol. The first-order valence-electron chi connectivity index (χ1n) is 9.40. The Morgan fingerprint density at radius 3 is 2.37 bits per heavy atom. The van der Waals surface area contributed by atoms with Crippen LogP contribution in [0.1, 0.15) is 24.8 Å². The lowest BCUT2D eigenvalue weighted by molar-refractivity contribution is -0.918. The fourth-order valence-electron chi connectivity index (χ4n) is 3.42. The van der Waals surface area contributed by atoms with E-state index in [0.29, 0.717) is 17.2 Å². The molecule has 0 aromatic heterocycles. The van der Waals surface area contributed by atoms with Gasteiger partial charge in [-0.1, -0.05) is 12.1 Å². The summed E-state index contributed by atoms with van der Waals surface area (Å²) in [5.41, 5.74) is 2.61. The zero-order chi connectivity index (χ0) is 19.1. The molecule has 0 radical (unpaired) electrons. The molecule has 3 N–H and O–H groups in total. The third-order valence-electron chi connectivity index (χ3n) is 4.88. The number of anilines is 2. The first kappa shape index (κ1) is 19.0. The normalized spacial score (nSPS) is 14.4. The summed E-state index contributed by atoms with van der Waals surface area (Å²) in [6.07, 6.45) is 4.01. The minimum absolute atomic E-state index is 0.323. The number of benzene rings is 2. The lowest BCUT2D eigenvalue weighted by Crippen LogP contribution is -3.11. The van der Waals surface area contributed by atoms with Gasteiger partial charge < -0.3 is 25.0 Å². The van der Waals surface area contributed by atoms with Crippen LogP contribution < -0.4 is 25.0 Å². The van der Waals surface area contributed by atoms with Crippen molar-refractivity contribution < 1.29 is 19.2 Å². The number of carbonyl (C=O) groups excluding carboxylic acids is 1. The Kier molecular flexibility index (Phi) is 6.54. The molecule has 27 heavy (non-hydrogen) atoms. The number of likely N-dealkylation sites (tertiary alicyclic amines) is 1. The highest BCUT2D eigenvalue weighted by Gasteiger charge is 2.14. The number of piperidine rings is 1. The highest BCUT2D eigenvalue weighted by molar-refractivity contribution is 6.00. The Morgan fingerprint density at radius 1 is 0.963 bits per heavy atom. The summed E-state index contributed by atoms with van der Waals surface area (Å²) >= 11 is 0. The largest absolute Gasteiger partial charge is 0.497 e. The van der Waals surface area contributed by atoms with Gasteiger partial charge in [-0.05, 0) is 43.5 Å². The van der Waals surface area contributed by atoms with Gasteiger partial charge in [0.1, 0.15) is 18.0 Å². The monoisotopic (exact) mass is 370 g/mol. The van der Waals surface area contributed by atoms with Crippen molar-refractivity contribution in [2.24, 2.45) is 0 Å². The molecule has 0 unspecified atom stereocenters. The molecule has 1 saturated heterocycles. The van der Waals surface area contributed by atoms with Crippen LogP contribution in [-0.4, -0.2) is 33.3 Å². The van der Waals surface area contributed by atoms with Crippen molar-refractivity contribution >= 4 is 17.4 Å². The van der Waals surface area contributed by atoms with Crippen LogP contribution in [0.4, 0.5) is 16.2 Å². The lowest BCUT2D eigenvalue weighted by Gasteiger charge is -2.23. The first-order chi connectivity index (χ1) is 13.2. The number of amides is 2. The van der Waals surface area contributed by atoms with E-state index in [2.05, 4.69) is 22.8 Å². The van der Waals surface area contributed by atoms with Crippen molar-refractivity contribution in [2.75, 3.05) is 37.9 Å². The second kappa shape index (κ2) is 9.28. The molecule has 0 aliphatic carbocycles. The van der Waals surface area contributed by atoms with Crippen molar-refractivity contribution in [3.8, 4) is 11.5 Å². The van der Waals surface area contributed by atoms with Crippen molar-refractivity contribution in [2.45, 2.75) is 25.8 Å². The van der Waals surface area contributed by atoms with Gasteiger partial charge in [0.15, 0.2) is 0 Å². The second-order valence-corrected chi connectivity index (χ2v) is 6.83. The maximum Gasteiger partial charge on any atom is 0.323 e. The van der Waals surface area contributed by atoms with E-state index in [9.17, 15) is 4.79 Å². The van der Waals surface area contributed by atoms with Gasteiger partial charge in [0.05, 0.1) is 33.0 Å². The van der Waals surface area contributed by atoms with Gasteiger partial charge in [-0.3, -0.25) is 0 Å². The van der Waals surface area contributed by atoms with E-state index in [4.69, 9.17) is 9.47 Å². The first-order valence-corrected chi connectivity index (χ1v) is 9.40. The molecule has 1 aliphatic rings. The minimum atomic E-state index is -0.323. The van der Waals surface area contributed by atoms with Crippen molar-refractivity contribution in [1.82, 2.24) is 0 Å². The van der Waals surface area contributed by atoms with E-state index in [-0.39, 0.29) is 6.03 Å². The Bertz CT molecular complexity index is 756. The molecule has 144 valence electrons. The molecule has 0 spiro atoms. The van der Waals surface area contributed by atoms with Crippen LogP contribution in [-0.2, 0) is 6.54 Å². The Morgan fingerprint density at radius 2 is 1.70 bits per heavy atom. The quantitative estimate of drug-likeness (QED) is 0.733. The van der Waals surface area contributed by atoms with Crippen molar-refractivity contribution in [1.29, 1.82) is 0 Å². The number of methoxy groups -OCH3 is 2. The minimum Gasteiger partial charge on any atom is -0.497 e. The van der Waals surface area contributed by atoms with Crippen LogP contribution in [0, 0.1) is 0 Å². The van der Waals surface area contributed by atoms with E-state index < -0.39 is 0 Å². The van der Waals surface area contributed by atoms with Gasteiger partial charge in [0, 0.05) is 17.3 Å². The fourth-order valence-corrected chi connectivity index (χ4v) is 3.42. The number of urea groups is 1. The van der Waals surface area contributed by atoms with E-state index >= 15 is 0 Å². The molecule has 0 bridgehead atoms. The third kappa shape index (κ3) is 5.37. The number of quaternary nitrogens is 1. The van der Waals surface area contributed by atoms with Crippen LogP contribution in [0.3, 0.4) is 0 Å². The van der Waals surface area contributed by atoms with E-state index in [1.165, 1.54) is 37.9 Å². The van der Waals surface area contributed by atoms with Crippen LogP contribution in [0.2, 0.25) is 0 Å². The van der Waals surface area contributed by atoms with Gasteiger partial charge >= 0.3 is 6.03 Å². The molecule has 0 atom stereocenters. The molecule has 6 heteroatoms. The highest BCUT2D eigenvalue weighted by atomic mass is 16.5. The number of rotatable bonds is 6. The lowest BCUT2D eigenvalue weighted by atomic mass is 10.1. The fraction of sp³-hybridized carbons (Fsp3) is 0.381. The molecule has 2 amide bonds. The maximum atomic E-state index is 12.3. The Labute approximate surface area is 160 Å². The van der Waals surface area contributed by atoms with E-state index in [1.807, 2.05) is 12.1 Å². The summed E-state index contributed by atoms with van der Waals surface area (Å²) < 4.78 is 10.5. The van der Waals surface area contributed by atoms with Crippen LogP contribution in [0.5, 0.6) is 11.5 Å². The maximum absolute atomic E-state index is 12.3. The average Bonchev–Trinajstić information content (AvgIpc) is 2.70. The number of ether oxygens (including phenoxy) is 2. The molecule has 3 rings (SSSR count). The average molecular weight is 370 g/mol. The van der Waals surface area contributed by atoms with Gasteiger partial charge in [-0.2, -0.15) is 0 Å². The molecule has 6 nitrogen and oxygen atoms in total. The summed E-state index contributed by atoms with van der Waals surface area (Å²) in [7, 11) is 3.15. The molecule has 1 heterocycles. The summed E-state index contributed by atoms with van der Waals surface area (Å²) in [5.74, 6) is 1.22. The summed E-state index contributed by atoms with van der Waals surface area (Å²) in [4.78, 5) is 14.0. The second-order valence-electron chi connectivity index (χ2n) is 6.83. The topological polar surface area (TPSA) is 64.0 Å². The van der Waals surface area contributed by atoms with Gasteiger partial charge in [-0.15, -0.1) is 0 Å². The third-order valence-corrected chi connectivity index (χ3v) is 4.88. The van der Waals surface area contributed by atoms with Crippen LogP contribution in [0.25, 0.3) is 0 Å². The summed E-state index contributed by atoms with van der Waals surface area (Å²) in [5, 5.41) is 5.66. The van der Waals surface area contributed by atoms with Crippen LogP contribution in [0.15, 0.2) is 42.5 Å². The predicted molar refractivity (Wildman–Crippen MR) is 107 cm³/mol. The molecule has 2 aromatic rings. The Balaban J connectivity index is 1.57. The zero-order valence-electron chi connectivity index (χ0n) is 16.0. The smallest absolute Gasteiger partial charge is 0.323 e. The zero-order valence-corrected chi connectivity index (χ0v) is 16.0. The van der Waals surface area contributed by atoms with Gasteiger partial charge in [0.25, 0.3) is 0 Å². The number of carbonyl (C=O) groups is 1. The number of hydrogen-bond acceptors (Lipinski definition) is 3. The van der Waals surface area contributed by atoms with Crippen LogP contribution >= 0.6 is 0 Å². The molecular formula is C21H28N3O3+. The highest BCUT2D eigenvalue weighted by Crippen LogP contribution is 2.29. The molecule has 0 saturated carbocycles. The summed E-state index contributed by atoms with van der Waals surface area (Å²) in [6.45, 7) is 3.56. The summed E-state index contributed by atoms with van der Waals surface area (Å²) in [6, 6.07) is 13.0. The number of nitrogens with one attached hydrogen (secondary N) is 3. The molecule has 1 aliphatic heterocycles. The standard InChI is InChI=1S/C21H27N3O3/c1-26-18-10-11-20(27-2)19(14-18)23-21(25)22-17-8-6-16(7-9-17)15-24-12-4-3-5-13-24/h6-11,14H,3-5,12-13,15H2,1-2H3,(H2,22,23,25)/p+1.